The van der Waals surface area contributed by atoms with Crippen molar-refractivity contribution in [1.82, 2.24) is 0 Å². The highest BCUT2D eigenvalue weighted by Crippen LogP contribution is 2.16. The van der Waals surface area contributed by atoms with Crippen molar-refractivity contribution in [2.45, 2.75) is 0 Å². The smallest absolute Gasteiger partial charge is 0.119 e. The van der Waals surface area contributed by atoms with Crippen molar-refractivity contribution in [2.24, 2.45) is 4.99 Å². The molecule has 0 aromatic heterocycles. The van der Waals surface area contributed by atoms with E-state index in [-0.39, 0.29) is 0 Å². The van der Waals surface area contributed by atoms with Crippen LogP contribution in [0.1, 0.15) is 0 Å². The summed E-state index contributed by atoms with van der Waals surface area (Å²) in [4.78, 5) is 3.98. The number of aliphatic imine (C=N–C) groups is 1. The molecule has 0 aliphatic heterocycles. The molecule has 0 fully saturated rings. The Hall–Kier alpha value is -1.75. The van der Waals surface area contributed by atoms with E-state index in [4.69, 9.17) is 11.2 Å². The predicted molar refractivity (Wildman–Crippen MR) is 50.0 cm³/mol. The number of ether oxygens (including phenoxy) is 1. The number of hydrogen-bond acceptors (Lipinski definition) is 2. The van der Waals surface area contributed by atoms with Gasteiger partial charge in [0, 0.05) is 0 Å². The third-order valence-electron chi connectivity index (χ3n) is 1.36. The molecule has 0 unspecified atom stereocenters. The first-order valence-electron chi connectivity index (χ1n) is 3.49. The molecule has 12 heavy (non-hydrogen) atoms. The van der Waals surface area contributed by atoms with Crippen LogP contribution in [0.4, 0.5) is 5.69 Å². The topological polar surface area (TPSA) is 21.6 Å². The highest BCUT2D eigenvalue weighted by molar-refractivity contribution is 5.79. The molecule has 0 saturated carbocycles. The predicted octanol–water partition coefficient (Wildman–Crippen LogP) is 2.03. The van der Waals surface area contributed by atoms with Gasteiger partial charge in [0.1, 0.15) is 5.75 Å². The lowest BCUT2D eigenvalue weighted by Crippen LogP contribution is -1.79. The van der Waals surface area contributed by atoms with Crippen LogP contribution in [-0.2, 0) is 0 Å². The van der Waals surface area contributed by atoms with Gasteiger partial charge in [-0.1, -0.05) is 5.92 Å². The van der Waals surface area contributed by atoms with E-state index in [2.05, 4.69) is 10.9 Å². The number of benzene rings is 1. The summed E-state index contributed by atoms with van der Waals surface area (Å²) in [6.45, 7) is 0. The Labute approximate surface area is 71.9 Å². The van der Waals surface area contributed by atoms with Crippen LogP contribution in [0.5, 0.6) is 5.75 Å². The van der Waals surface area contributed by atoms with E-state index >= 15 is 0 Å². The zero-order valence-corrected chi connectivity index (χ0v) is 6.82. The van der Waals surface area contributed by atoms with Gasteiger partial charge in [-0.2, -0.15) is 0 Å². The molecule has 1 aromatic rings. The van der Waals surface area contributed by atoms with E-state index in [9.17, 15) is 0 Å². The van der Waals surface area contributed by atoms with Gasteiger partial charge in [0.05, 0.1) is 19.0 Å². The highest BCUT2D eigenvalue weighted by Gasteiger charge is 1.89. The third kappa shape index (κ3) is 2.14. The Morgan fingerprint density at radius 1 is 1.42 bits per heavy atom. The average molecular weight is 159 g/mol. The second kappa shape index (κ2) is 4.20. The molecule has 0 saturated heterocycles. The maximum Gasteiger partial charge on any atom is 0.119 e. The first-order chi connectivity index (χ1) is 5.86. The van der Waals surface area contributed by atoms with Crippen molar-refractivity contribution in [2.75, 3.05) is 7.11 Å². The molecule has 1 aromatic carbocycles. The van der Waals surface area contributed by atoms with E-state index in [1.54, 1.807) is 7.11 Å². The molecule has 60 valence electrons. The Morgan fingerprint density at radius 2 is 2.08 bits per heavy atom. The molecule has 0 aliphatic rings. The van der Waals surface area contributed by atoms with E-state index < -0.39 is 0 Å². The molecule has 0 radical (unpaired) electrons. The van der Waals surface area contributed by atoms with Crippen LogP contribution in [-0.4, -0.2) is 13.3 Å². The zero-order chi connectivity index (χ0) is 8.81. The molecule has 1 rings (SSSR count). The fourth-order valence-electron chi connectivity index (χ4n) is 0.780. The fourth-order valence-corrected chi connectivity index (χ4v) is 0.780. The van der Waals surface area contributed by atoms with E-state index in [1.807, 2.05) is 24.3 Å². The van der Waals surface area contributed by atoms with Crippen molar-refractivity contribution < 1.29 is 4.74 Å². The molecule has 0 heterocycles. The maximum atomic E-state index is 5.01. The van der Waals surface area contributed by atoms with Crippen LogP contribution in [0.3, 0.4) is 0 Å². The summed E-state index contributed by atoms with van der Waals surface area (Å²) in [5.41, 5.74) is 0.828. The summed E-state index contributed by atoms with van der Waals surface area (Å²) >= 11 is 0. The normalized spacial score (nSPS) is 9.67. The van der Waals surface area contributed by atoms with Crippen molar-refractivity contribution in [1.29, 1.82) is 0 Å². The molecule has 2 heteroatoms. The van der Waals surface area contributed by atoms with E-state index in [0.29, 0.717) is 0 Å². The maximum absolute atomic E-state index is 5.01. The summed E-state index contributed by atoms with van der Waals surface area (Å²) < 4.78 is 4.98. The van der Waals surface area contributed by atoms with Crippen LogP contribution in [0.15, 0.2) is 29.3 Å². The van der Waals surface area contributed by atoms with Crippen LogP contribution < -0.4 is 4.74 Å². The average Bonchev–Trinajstić information content (AvgIpc) is 2.15. The van der Waals surface area contributed by atoms with Gasteiger partial charge in [0.25, 0.3) is 0 Å². The molecule has 0 spiro atoms. The zero-order valence-electron chi connectivity index (χ0n) is 6.82. The first-order valence-corrected chi connectivity index (χ1v) is 3.49. The van der Waals surface area contributed by atoms with E-state index in [1.165, 1.54) is 6.21 Å². The molecule has 2 nitrogen and oxygen atoms in total. The Kier molecular flexibility index (Phi) is 2.92. The molecular formula is C10H9NO. The lowest BCUT2D eigenvalue weighted by Gasteiger charge is -1.97. The van der Waals surface area contributed by atoms with Gasteiger partial charge in [-0.3, -0.25) is 0 Å². The number of methoxy groups -OCH3 is 1. The molecule has 0 atom stereocenters. The van der Waals surface area contributed by atoms with Gasteiger partial charge >= 0.3 is 0 Å². The molecular weight excluding hydrogens is 150 g/mol. The minimum Gasteiger partial charge on any atom is -0.497 e. The number of rotatable bonds is 2. The first kappa shape index (κ1) is 8.35. The lowest BCUT2D eigenvalue weighted by molar-refractivity contribution is 0.415. The van der Waals surface area contributed by atoms with Crippen LogP contribution in [0.2, 0.25) is 0 Å². The summed E-state index contributed by atoms with van der Waals surface area (Å²) in [6.07, 6.45) is 6.43. The van der Waals surface area contributed by atoms with Crippen LogP contribution in [0, 0.1) is 12.3 Å². The fraction of sp³-hybridized carbons (Fsp3) is 0.100. The standard InChI is InChI=1S/C10H9NO/c1-3-8-11-9-4-6-10(12-2)7-5-9/h1,4-8H,2H3/b11-8+. The number of terminal acetylenes is 1. The second-order valence-corrected chi connectivity index (χ2v) is 2.12. The van der Waals surface area contributed by atoms with Gasteiger partial charge in [-0.05, 0) is 24.3 Å². The summed E-state index contributed by atoms with van der Waals surface area (Å²) in [5, 5.41) is 0. The van der Waals surface area contributed by atoms with Crippen molar-refractivity contribution in [3.8, 4) is 18.1 Å². The molecule has 0 amide bonds. The Bertz CT molecular complexity index is 306. The summed E-state index contributed by atoms with van der Waals surface area (Å²) in [5.74, 6) is 3.14. The summed E-state index contributed by atoms with van der Waals surface area (Å²) in [7, 11) is 1.62. The SMILES string of the molecule is C#C/C=N/c1ccc(OC)cc1. The molecule has 0 N–H and O–H groups in total. The van der Waals surface area contributed by atoms with E-state index in [0.717, 1.165) is 11.4 Å². The van der Waals surface area contributed by atoms with Crippen molar-refractivity contribution >= 4 is 11.9 Å². The van der Waals surface area contributed by atoms with Crippen molar-refractivity contribution in [3.63, 3.8) is 0 Å². The minimum atomic E-state index is 0.814. The van der Waals surface area contributed by atoms with Gasteiger partial charge in [-0.15, -0.1) is 6.42 Å². The monoisotopic (exact) mass is 159 g/mol. The third-order valence-corrected chi connectivity index (χ3v) is 1.36. The minimum absolute atomic E-state index is 0.814. The van der Waals surface area contributed by atoms with Crippen LogP contribution >= 0.6 is 0 Å². The van der Waals surface area contributed by atoms with Crippen LogP contribution in [0.25, 0.3) is 0 Å². The largest absolute Gasteiger partial charge is 0.497 e. The molecule has 0 bridgehead atoms. The molecule has 0 aliphatic carbocycles. The number of nitrogens with zero attached hydrogens (tertiary/aromatic N) is 1. The Balaban J connectivity index is 2.79. The van der Waals surface area contributed by atoms with Gasteiger partial charge in [0.15, 0.2) is 0 Å². The Morgan fingerprint density at radius 3 is 2.58 bits per heavy atom. The van der Waals surface area contributed by atoms with Crippen molar-refractivity contribution in [3.05, 3.63) is 24.3 Å². The van der Waals surface area contributed by atoms with Gasteiger partial charge in [-0.25, -0.2) is 4.99 Å². The second-order valence-electron chi connectivity index (χ2n) is 2.12. The van der Waals surface area contributed by atoms with Gasteiger partial charge < -0.3 is 4.74 Å². The lowest BCUT2D eigenvalue weighted by atomic mass is 10.3. The quantitative estimate of drug-likeness (QED) is 0.478. The van der Waals surface area contributed by atoms with Gasteiger partial charge in [0.2, 0.25) is 0 Å². The highest BCUT2D eigenvalue weighted by atomic mass is 16.5. The number of hydrogen-bond donors (Lipinski definition) is 0. The summed E-state index contributed by atoms with van der Waals surface area (Å²) in [6, 6.07) is 7.35.